The predicted molar refractivity (Wildman–Crippen MR) is 69.9 cm³/mol. The number of hydrogen-bond donors (Lipinski definition) is 2. The van der Waals surface area contributed by atoms with E-state index in [4.69, 9.17) is 11.6 Å². The second kappa shape index (κ2) is 8.10. The third kappa shape index (κ3) is 5.05. The second-order valence-electron chi connectivity index (χ2n) is 3.26. The topological polar surface area (TPSA) is 75.3 Å². The van der Waals surface area contributed by atoms with Crippen molar-refractivity contribution in [1.29, 1.82) is 0 Å². The molecule has 0 aliphatic rings. The zero-order valence-corrected chi connectivity index (χ0v) is 13.0. The molecule has 2 amide bonds. The molecule has 94 valence electrons. The van der Waals surface area contributed by atoms with Crippen LogP contribution in [-0.4, -0.2) is 47.7 Å². The predicted octanol–water partition coefficient (Wildman–Crippen LogP) is 0.412. The Bertz CT molecular complexity index is 436. The summed E-state index contributed by atoms with van der Waals surface area (Å²) in [6.45, 7) is 0. The molecule has 0 fully saturated rings. The molecule has 2 radical (unpaired) electrons. The maximum absolute atomic E-state index is 11.7. The molecule has 18 heavy (non-hydrogen) atoms. The van der Waals surface area contributed by atoms with Gasteiger partial charge in [-0.25, -0.2) is 0 Å². The van der Waals surface area contributed by atoms with E-state index in [9.17, 15) is 14.4 Å². The Labute approximate surface area is 119 Å². The van der Waals surface area contributed by atoms with Gasteiger partial charge in [0.2, 0.25) is 0 Å². The van der Waals surface area contributed by atoms with Gasteiger partial charge < -0.3 is 0 Å². The normalized spacial score (nSPS) is 9.61. The van der Waals surface area contributed by atoms with Crippen LogP contribution < -0.4 is 10.6 Å². The molecule has 0 aliphatic heterocycles. The van der Waals surface area contributed by atoms with E-state index in [2.05, 4.69) is 10.6 Å². The fourth-order valence-corrected chi connectivity index (χ4v) is 3.34. The molecule has 0 aromatic heterocycles. The molecule has 1 aromatic rings. The number of rotatable bonds is 7. The minimum atomic E-state index is -1.26. The molecule has 1 aromatic carbocycles. The van der Waals surface area contributed by atoms with Crippen molar-refractivity contribution in [2.75, 3.05) is 15.8 Å². The summed E-state index contributed by atoms with van der Waals surface area (Å²) in [7, 11) is 0. The number of hydrogen-bond acceptors (Lipinski definition) is 3. The molecule has 0 saturated heterocycles. The van der Waals surface area contributed by atoms with Gasteiger partial charge in [-0.05, 0) is 0 Å². The fourth-order valence-electron chi connectivity index (χ4n) is 1.16. The van der Waals surface area contributed by atoms with E-state index in [1.165, 1.54) is 0 Å². The van der Waals surface area contributed by atoms with Gasteiger partial charge in [0.15, 0.2) is 0 Å². The zero-order chi connectivity index (χ0) is 13.4. The monoisotopic (exact) mass is 374 g/mol. The van der Waals surface area contributed by atoms with Crippen LogP contribution in [0.15, 0.2) is 24.3 Å². The van der Waals surface area contributed by atoms with Crippen LogP contribution in [0.4, 0.5) is 5.69 Å². The molecule has 0 bridgehead atoms. The first-order chi connectivity index (χ1) is 8.67. The van der Waals surface area contributed by atoms with Gasteiger partial charge in [-0.15, -0.1) is 0 Å². The molecule has 7 heteroatoms. The molecule has 0 spiro atoms. The van der Waals surface area contributed by atoms with E-state index in [1.54, 1.807) is 24.3 Å². The molecular formula is C11H11ClN2O3Sn. The summed E-state index contributed by atoms with van der Waals surface area (Å²) in [5.74, 6) is -0.190. The van der Waals surface area contributed by atoms with Crippen LogP contribution in [0.1, 0.15) is 10.4 Å². The van der Waals surface area contributed by atoms with Gasteiger partial charge in [0, 0.05) is 0 Å². The summed E-state index contributed by atoms with van der Waals surface area (Å²) in [4.78, 5) is 32.9. The summed E-state index contributed by atoms with van der Waals surface area (Å²) < 4.78 is 0.494. The van der Waals surface area contributed by atoms with Crippen LogP contribution in [0.3, 0.4) is 0 Å². The van der Waals surface area contributed by atoms with Crippen molar-refractivity contribution in [2.45, 2.75) is 0 Å². The van der Waals surface area contributed by atoms with Crippen molar-refractivity contribution in [3.8, 4) is 0 Å². The minimum absolute atomic E-state index is 0.0358. The van der Waals surface area contributed by atoms with E-state index < -0.39 is 21.1 Å². The Balaban J connectivity index is 2.46. The number of amides is 2. The first kappa shape index (κ1) is 15.0. The van der Waals surface area contributed by atoms with E-state index in [1.807, 2.05) is 0 Å². The molecule has 0 unspecified atom stereocenters. The molecular weight excluding hydrogens is 362 g/mol. The Morgan fingerprint density at radius 3 is 2.50 bits per heavy atom. The molecule has 5 nitrogen and oxygen atoms in total. The molecule has 0 atom stereocenters. The quantitative estimate of drug-likeness (QED) is 0.413. The summed E-state index contributed by atoms with van der Waals surface area (Å²) >= 11 is 4.12. The third-order valence-electron chi connectivity index (χ3n) is 2.03. The van der Waals surface area contributed by atoms with Crippen molar-refractivity contribution in [3.63, 3.8) is 0 Å². The van der Waals surface area contributed by atoms with Gasteiger partial charge in [0.25, 0.3) is 0 Å². The van der Waals surface area contributed by atoms with Gasteiger partial charge in [-0.1, -0.05) is 0 Å². The van der Waals surface area contributed by atoms with Crippen LogP contribution >= 0.6 is 11.6 Å². The average Bonchev–Trinajstić information content (AvgIpc) is 2.39. The number of carbonyl (C=O) groups is 3. The van der Waals surface area contributed by atoms with Crippen LogP contribution in [-0.2, 0) is 9.59 Å². The Morgan fingerprint density at radius 2 is 1.94 bits per heavy atom. The summed E-state index contributed by atoms with van der Waals surface area (Å²) in [6.07, 6.45) is 0.569. The second-order valence-corrected chi connectivity index (χ2v) is 7.13. The fraction of sp³-hybridized carbons (Fsp3) is 0.182. The Morgan fingerprint density at radius 1 is 1.28 bits per heavy atom. The Hall–Kier alpha value is -1.08. The van der Waals surface area contributed by atoms with Crippen molar-refractivity contribution in [3.05, 3.63) is 29.8 Å². The number of nitrogens with one attached hydrogen (secondary N) is 2. The Kier molecular flexibility index (Phi) is 6.74. The average molecular weight is 373 g/mol. The summed E-state index contributed by atoms with van der Waals surface area (Å²) in [5, 5.41) is 5.16. The van der Waals surface area contributed by atoms with Gasteiger partial charge in [0.1, 0.15) is 0 Å². The van der Waals surface area contributed by atoms with E-state index in [0.717, 1.165) is 0 Å². The van der Waals surface area contributed by atoms with Gasteiger partial charge in [-0.3, -0.25) is 0 Å². The molecule has 0 saturated carbocycles. The number of alkyl halides is 1. The number of benzene rings is 1. The first-order valence-electron chi connectivity index (χ1n) is 5.08. The van der Waals surface area contributed by atoms with E-state index in [-0.39, 0.29) is 15.6 Å². The first-order valence-corrected chi connectivity index (χ1v) is 9.06. The maximum atomic E-state index is 11.7. The number of anilines is 1. The van der Waals surface area contributed by atoms with Crippen LogP contribution in [0.25, 0.3) is 0 Å². The number of carbonyl (C=O) groups excluding carboxylic acids is 3. The van der Waals surface area contributed by atoms with Crippen LogP contribution in [0.5, 0.6) is 0 Å². The van der Waals surface area contributed by atoms with Crippen LogP contribution in [0, 0.1) is 0 Å². The molecule has 2 N–H and O–H groups in total. The molecule has 0 aliphatic carbocycles. The summed E-state index contributed by atoms with van der Waals surface area (Å²) in [5.41, 5.74) is 1.11. The molecule has 1 rings (SSSR count). The van der Waals surface area contributed by atoms with Gasteiger partial charge >= 0.3 is 120 Å². The standard InChI is InChI=1S/C9H9N2O2.C2H2ClO.Sn/c1-10-9(13)7-2-4-8(5-3-7)11-6-12;3-1-2-4;/h2-6H,1H2,(H,10,13)(H,11,12);1H2;. The van der Waals surface area contributed by atoms with Crippen molar-refractivity contribution in [1.82, 2.24) is 5.32 Å². The molecule has 0 heterocycles. The zero-order valence-electron chi connectivity index (χ0n) is 9.40. The van der Waals surface area contributed by atoms with Crippen molar-refractivity contribution in [2.24, 2.45) is 0 Å². The van der Waals surface area contributed by atoms with E-state index in [0.29, 0.717) is 22.2 Å². The van der Waals surface area contributed by atoms with Crippen molar-refractivity contribution >= 4 is 54.5 Å². The van der Waals surface area contributed by atoms with Gasteiger partial charge in [-0.2, -0.15) is 0 Å². The summed E-state index contributed by atoms with van der Waals surface area (Å²) in [6, 6.07) is 6.48. The SMILES string of the molecule is O=CNc1ccc(C(=O)N[CH2][Sn][C](=O)CCl)cc1. The van der Waals surface area contributed by atoms with Gasteiger partial charge in [0.05, 0.1) is 0 Å². The third-order valence-corrected chi connectivity index (χ3v) is 5.55. The van der Waals surface area contributed by atoms with Crippen molar-refractivity contribution < 1.29 is 14.4 Å². The van der Waals surface area contributed by atoms with E-state index >= 15 is 0 Å². The van der Waals surface area contributed by atoms with Crippen LogP contribution in [0.2, 0.25) is 0 Å². The number of halogens is 1.